The SMILES string of the molecule is CCN(CC1C(O)C(C)(C)OC1(C)C)c1cccc(F)c1. The highest BCUT2D eigenvalue weighted by molar-refractivity contribution is 5.46. The van der Waals surface area contributed by atoms with Gasteiger partial charge in [-0.1, -0.05) is 6.07 Å². The molecule has 0 saturated carbocycles. The summed E-state index contributed by atoms with van der Waals surface area (Å²) >= 11 is 0. The summed E-state index contributed by atoms with van der Waals surface area (Å²) in [6.07, 6.45) is -0.546. The number of aliphatic hydroxyl groups excluding tert-OH is 1. The van der Waals surface area contributed by atoms with Crippen molar-refractivity contribution in [3.8, 4) is 0 Å². The number of nitrogens with zero attached hydrogens (tertiary/aromatic N) is 1. The molecule has 0 amide bonds. The maximum atomic E-state index is 13.4. The van der Waals surface area contributed by atoms with Crippen molar-refractivity contribution in [1.82, 2.24) is 0 Å². The lowest BCUT2D eigenvalue weighted by atomic mass is 9.84. The third-order valence-electron chi connectivity index (χ3n) is 4.48. The summed E-state index contributed by atoms with van der Waals surface area (Å²) in [5.74, 6) is -0.274. The standard InChI is InChI=1S/C17H26FNO2/c1-6-19(13-9-7-8-12(18)10-13)11-14-15(20)17(4,5)21-16(14,2)3/h7-10,14-15,20H,6,11H2,1-5H3. The van der Waals surface area contributed by atoms with Gasteiger partial charge in [-0.25, -0.2) is 4.39 Å². The van der Waals surface area contributed by atoms with Crippen LogP contribution in [0.3, 0.4) is 0 Å². The number of hydrogen-bond acceptors (Lipinski definition) is 3. The second-order valence-electron chi connectivity index (χ2n) is 6.88. The van der Waals surface area contributed by atoms with Gasteiger partial charge in [-0.05, 0) is 52.8 Å². The zero-order valence-electron chi connectivity index (χ0n) is 13.6. The molecule has 4 heteroatoms. The second-order valence-corrected chi connectivity index (χ2v) is 6.88. The van der Waals surface area contributed by atoms with Gasteiger partial charge in [-0.2, -0.15) is 0 Å². The molecule has 0 aliphatic carbocycles. The molecule has 1 saturated heterocycles. The van der Waals surface area contributed by atoms with Crippen LogP contribution in [0.1, 0.15) is 34.6 Å². The van der Waals surface area contributed by atoms with Gasteiger partial charge in [0.25, 0.3) is 0 Å². The molecule has 0 bridgehead atoms. The van der Waals surface area contributed by atoms with Gasteiger partial charge >= 0.3 is 0 Å². The summed E-state index contributed by atoms with van der Waals surface area (Å²) in [5.41, 5.74) is -0.135. The molecule has 0 radical (unpaired) electrons. The summed E-state index contributed by atoms with van der Waals surface area (Å²) in [5, 5.41) is 10.6. The van der Waals surface area contributed by atoms with Crippen LogP contribution in [0.15, 0.2) is 24.3 Å². The molecule has 1 heterocycles. The second kappa shape index (κ2) is 5.58. The van der Waals surface area contributed by atoms with E-state index in [2.05, 4.69) is 4.90 Å². The minimum Gasteiger partial charge on any atom is -0.390 e. The zero-order valence-corrected chi connectivity index (χ0v) is 13.6. The first-order valence-electron chi connectivity index (χ1n) is 7.56. The Kier molecular flexibility index (Phi) is 4.31. The van der Waals surface area contributed by atoms with E-state index in [4.69, 9.17) is 4.74 Å². The maximum absolute atomic E-state index is 13.4. The van der Waals surface area contributed by atoms with E-state index in [1.807, 2.05) is 40.7 Å². The first-order valence-corrected chi connectivity index (χ1v) is 7.56. The van der Waals surface area contributed by atoms with Crippen LogP contribution in [0.2, 0.25) is 0 Å². The van der Waals surface area contributed by atoms with Gasteiger partial charge in [0.2, 0.25) is 0 Å². The predicted octanol–water partition coefficient (Wildman–Crippen LogP) is 3.22. The first-order chi connectivity index (χ1) is 9.67. The van der Waals surface area contributed by atoms with Crippen LogP contribution >= 0.6 is 0 Å². The van der Waals surface area contributed by atoms with E-state index < -0.39 is 17.3 Å². The van der Waals surface area contributed by atoms with E-state index in [1.54, 1.807) is 6.07 Å². The Balaban J connectivity index is 2.22. The van der Waals surface area contributed by atoms with Crippen LogP contribution in [0, 0.1) is 11.7 Å². The van der Waals surface area contributed by atoms with Gasteiger partial charge in [0.15, 0.2) is 0 Å². The summed E-state index contributed by atoms with van der Waals surface area (Å²) in [6.45, 7) is 11.3. The molecule has 1 aliphatic heterocycles. The van der Waals surface area contributed by atoms with Crippen LogP contribution in [-0.4, -0.2) is 35.5 Å². The minimum absolute atomic E-state index is 0.0317. The molecule has 0 aromatic heterocycles. The van der Waals surface area contributed by atoms with Gasteiger partial charge in [0.1, 0.15) is 5.82 Å². The van der Waals surface area contributed by atoms with Crippen molar-refractivity contribution in [3.63, 3.8) is 0 Å². The van der Waals surface area contributed by atoms with Crippen LogP contribution < -0.4 is 4.90 Å². The molecule has 1 N–H and O–H groups in total. The summed E-state index contributed by atoms with van der Waals surface area (Å²) in [7, 11) is 0. The van der Waals surface area contributed by atoms with E-state index in [9.17, 15) is 9.50 Å². The quantitative estimate of drug-likeness (QED) is 0.926. The number of hydrogen-bond donors (Lipinski definition) is 1. The van der Waals surface area contributed by atoms with E-state index in [1.165, 1.54) is 12.1 Å². The molecule has 2 rings (SSSR count). The molecule has 1 fully saturated rings. The Morgan fingerprint density at radius 1 is 1.24 bits per heavy atom. The van der Waals surface area contributed by atoms with Gasteiger partial charge < -0.3 is 14.7 Å². The Morgan fingerprint density at radius 2 is 1.90 bits per heavy atom. The van der Waals surface area contributed by atoms with E-state index >= 15 is 0 Å². The van der Waals surface area contributed by atoms with Crippen LogP contribution in [0.4, 0.5) is 10.1 Å². The highest BCUT2D eigenvalue weighted by Gasteiger charge is 2.53. The summed E-state index contributed by atoms with van der Waals surface area (Å²) < 4.78 is 19.4. The average molecular weight is 295 g/mol. The molecule has 0 spiro atoms. The van der Waals surface area contributed by atoms with E-state index in [0.29, 0.717) is 6.54 Å². The number of rotatable bonds is 4. The number of benzene rings is 1. The monoisotopic (exact) mass is 295 g/mol. The van der Waals surface area contributed by atoms with Crippen molar-refractivity contribution in [2.75, 3.05) is 18.0 Å². The Morgan fingerprint density at radius 3 is 2.38 bits per heavy atom. The Bertz CT molecular complexity index is 501. The number of aliphatic hydroxyl groups is 1. The lowest BCUT2D eigenvalue weighted by Gasteiger charge is -2.33. The normalized spacial score (nSPS) is 26.8. The summed E-state index contributed by atoms with van der Waals surface area (Å²) in [4.78, 5) is 2.09. The fourth-order valence-electron chi connectivity index (χ4n) is 3.33. The van der Waals surface area contributed by atoms with Gasteiger partial charge in [0, 0.05) is 24.7 Å². The van der Waals surface area contributed by atoms with Crippen molar-refractivity contribution in [1.29, 1.82) is 0 Å². The van der Waals surface area contributed by atoms with Gasteiger partial charge in [-0.3, -0.25) is 0 Å². The van der Waals surface area contributed by atoms with Crippen LogP contribution in [0.5, 0.6) is 0 Å². The fourth-order valence-corrected chi connectivity index (χ4v) is 3.33. The largest absolute Gasteiger partial charge is 0.390 e. The highest BCUT2D eigenvalue weighted by Crippen LogP contribution is 2.42. The number of halogens is 1. The third kappa shape index (κ3) is 3.22. The molecular formula is C17H26FNO2. The molecule has 2 atom stereocenters. The highest BCUT2D eigenvalue weighted by atomic mass is 19.1. The van der Waals surface area contributed by atoms with E-state index in [-0.39, 0.29) is 11.7 Å². The molecule has 118 valence electrons. The molecule has 1 aromatic carbocycles. The van der Waals surface area contributed by atoms with Crippen molar-refractivity contribution in [2.24, 2.45) is 5.92 Å². The van der Waals surface area contributed by atoms with Crippen molar-refractivity contribution >= 4 is 5.69 Å². The molecule has 3 nitrogen and oxygen atoms in total. The van der Waals surface area contributed by atoms with Gasteiger partial charge in [0.05, 0.1) is 17.3 Å². The minimum atomic E-state index is -0.560. The van der Waals surface area contributed by atoms with Crippen LogP contribution in [0.25, 0.3) is 0 Å². The lowest BCUT2D eigenvalue weighted by molar-refractivity contribution is -0.0906. The van der Waals surface area contributed by atoms with E-state index in [0.717, 1.165) is 12.2 Å². The van der Waals surface area contributed by atoms with Crippen molar-refractivity contribution in [2.45, 2.75) is 51.9 Å². The number of anilines is 1. The van der Waals surface area contributed by atoms with Crippen LogP contribution in [-0.2, 0) is 4.74 Å². The number of ether oxygens (including phenoxy) is 1. The molecule has 2 unspecified atom stereocenters. The first kappa shape index (κ1) is 16.2. The Labute approximate surface area is 126 Å². The fraction of sp³-hybridized carbons (Fsp3) is 0.647. The third-order valence-corrected chi connectivity index (χ3v) is 4.48. The van der Waals surface area contributed by atoms with Crippen molar-refractivity contribution in [3.05, 3.63) is 30.1 Å². The molecule has 21 heavy (non-hydrogen) atoms. The Hall–Kier alpha value is -1.13. The van der Waals surface area contributed by atoms with Crippen molar-refractivity contribution < 1.29 is 14.2 Å². The maximum Gasteiger partial charge on any atom is 0.125 e. The molecular weight excluding hydrogens is 269 g/mol. The molecule has 1 aromatic rings. The lowest BCUT2D eigenvalue weighted by Crippen LogP contribution is -2.43. The molecule has 1 aliphatic rings. The zero-order chi connectivity index (χ0) is 15.8. The average Bonchev–Trinajstić information content (AvgIpc) is 2.52. The summed E-state index contributed by atoms with van der Waals surface area (Å²) in [6, 6.07) is 6.58. The smallest absolute Gasteiger partial charge is 0.125 e. The van der Waals surface area contributed by atoms with Gasteiger partial charge in [-0.15, -0.1) is 0 Å². The topological polar surface area (TPSA) is 32.7 Å². The predicted molar refractivity (Wildman–Crippen MR) is 83.0 cm³/mol.